The largest absolute Gasteiger partial charge is 0.272 e. The highest BCUT2D eigenvalue weighted by Crippen LogP contribution is 2.37. The Morgan fingerprint density at radius 2 is 2.22 bits per heavy atom. The summed E-state index contributed by atoms with van der Waals surface area (Å²) in [5, 5.41) is 23.9. The van der Waals surface area contributed by atoms with E-state index in [0.717, 1.165) is 4.88 Å². The van der Waals surface area contributed by atoms with Crippen LogP contribution in [0.1, 0.15) is 17.7 Å². The van der Waals surface area contributed by atoms with Crippen molar-refractivity contribution < 1.29 is 4.79 Å². The molecular weight excluding hydrogens is 248 g/mol. The summed E-state index contributed by atoms with van der Waals surface area (Å²) in [5.41, 5.74) is 3.02. The topological polar surface area (TPSA) is 89.0 Å². The lowest BCUT2D eigenvalue weighted by Gasteiger charge is -2.21. The van der Waals surface area contributed by atoms with Crippen molar-refractivity contribution in [1.82, 2.24) is 5.43 Å². The van der Waals surface area contributed by atoms with Crippen molar-refractivity contribution in [3.8, 4) is 12.1 Å². The van der Waals surface area contributed by atoms with Gasteiger partial charge in [-0.1, -0.05) is 6.07 Å². The summed E-state index contributed by atoms with van der Waals surface area (Å²) in [5.74, 6) is -2.09. The van der Waals surface area contributed by atoms with E-state index in [0.29, 0.717) is 5.71 Å². The highest BCUT2D eigenvalue weighted by atomic mass is 32.1. The van der Waals surface area contributed by atoms with Crippen molar-refractivity contribution in [2.45, 2.75) is 12.8 Å². The van der Waals surface area contributed by atoms with Crippen LogP contribution in [-0.4, -0.2) is 11.6 Å². The number of nitriles is 2. The van der Waals surface area contributed by atoms with Crippen LogP contribution in [0.3, 0.4) is 0 Å². The molecule has 1 amide bonds. The maximum absolute atomic E-state index is 11.8. The van der Waals surface area contributed by atoms with E-state index >= 15 is 0 Å². The van der Waals surface area contributed by atoms with Crippen molar-refractivity contribution >= 4 is 23.0 Å². The van der Waals surface area contributed by atoms with E-state index in [1.807, 2.05) is 29.7 Å². The van der Waals surface area contributed by atoms with Crippen molar-refractivity contribution in [1.29, 1.82) is 10.5 Å². The zero-order valence-electron chi connectivity index (χ0n) is 9.62. The highest BCUT2D eigenvalue weighted by molar-refractivity contribution is 7.10. The average Bonchev–Trinajstić information content (AvgIpc) is 2.99. The third-order valence-corrected chi connectivity index (χ3v) is 3.92. The van der Waals surface area contributed by atoms with E-state index in [2.05, 4.69) is 10.5 Å². The lowest BCUT2D eigenvalue weighted by atomic mass is 9.79. The Balaban J connectivity index is 2.44. The van der Waals surface area contributed by atoms with Gasteiger partial charge in [-0.3, -0.25) is 4.79 Å². The molecule has 0 saturated heterocycles. The zero-order chi connectivity index (χ0) is 13.1. The predicted molar refractivity (Wildman–Crippen MR) is 66.5 cm³/mol. The minimum atomic E-state index is -0.859. The highest BCUT2D eigenvalue weighted by Gasteiger charge is 2.41. The number of rotatable bonds is 3. The van der Waals surface area contributed by atoms with Gasteiger partial charge in [-0.25, -0.2) is 5.43 Å². The SMILES string of the molecule is CC1=NNC(=O)[C@@H]1[C@H](c1cccs1)C(C#N)C#N. The fraction of sp³-hybridized carbons (Fsp3) is 0.333. The summed E-state index contributed by atoms with van der Waals surface area (Å²) >= 11 is 1.44. The summed E-state index contributed by atoms with van der Waals surface area (Å²) in [7, 11) is 0. The Labute approximate surface area is 108 Å². The molecule has 5 nitrogen and oxygen atoms in total. The van der Waals surface area contributed by atoms with Crippen LogP contribution in [0.5, 0.6) is 0 Å². The van der Waals surface area contributed by atoms with E-state index in [1.54, 1.807) is 6.92 Å². The number of thiophene rings is 1. The molecule has 2 rings (SSSR count). The monoisotopic (exact) mass is 258 g/mol. The minimum Gasteiger partial charge on any atom is -0.272 e. The second-order valence-corrected chi connectivity index (χ2v) is 4.96. The lowest BCUT2D eigenvalue weighted by Crippen LogP contribution is -2.31. The van der Waals surface area contributed by atoms with Crippen LogP contribution in [0.4, 0.5) is 0 Å². The van der Waals surface area contributed by atoms with Crippen molar-refractivity contribution in [2.24, 2.45) is 16.9 Å². The molecule has 2 atom stereocenters. The number of hydrogen-bond donors (Lipinski definition) is 1. The Hall–Kier alpha value is -2.18. The molecule has 1 aromatic heterocycles. The standard InChI is InChI=1S/C12H10N4OS/c1-7-10(12(17)16-15-7)11(8(5-13)6-14)9-3-2-4-18-9/h2-4,8,10-11H,1H3,(H,16,17)/t10-,11-/m0/s1. The fourth-order valence-corrected chi connectivity index (χ4v) is 2.99. The molecular formula is C12H10N4OS. The molecule has 0 aromatic carbocycles. The number of nitrogens with one attached hydrogen (secondary N) is 1. The Kier molecular flexibility index (Phi) is 3.40. The van der Waals surface area contributed by atoms with Gasteiger partial charge in [0.15, 0.2) is 0 Å². The van der Waals surface area contributed by atoms with Gasteiger partial charge in [0.2, 0.25) is 5.91 Å². The summed E-state index contributed by atoms with van der Waals surface area (Å²) in [6.07, 6.45) is 0. The van der Waals surface area contributed by atoms with E-state index in [4.69, 9.17) is 10.5 Å². The molecule has 1 N–H and O–H groups in total. The maximum Gasteiger partial charge on any atom is 0.249 e. The predicted octanol–water partition coefficient (Wildman–Crippen LogP) is 1.62. The molecule has 0 radical (unpaired) electrons. The Morgan fingerprint density at radius 1 is 1.50 bits per heavy atom. The fourth-order valence-electron chi connectivity index (χ4n) is 2.09. The first-order valence-electron chi connectivity index (χ1n) is 5.35. The van der Waals surface area contributed by atoms with E-state index in [9.17, 15) is 4.79 Å². The summed E-state index contributed by atoms with van der Waals surface area (Å²) in [6, 6.07) is 7.63. The number of nitrogens with zero attached hydrogens (tertiary/aromatic N) is 3. The Morgan fingerprint density at radius 3 is 2.67 bits per heavy atom. The second kappa shape index (κ2) is 4.99. The van der Waals surface area contributed by atoms with Gasteiger partial charge in [-0.15, -0.1) is 11.3 Å². The normalized spacial score (nSPS) is 19.9. The van der Waals surface area contributed by atoms with Crippen LogP contribution in [0.2, 0.25) is 0 Å². The van der Waals surface area contributed by atoms with Gasteiger partial charge in [0.25, 0.3) is 0 Å². The minimum absolute atomic E-state index is 0.249. The zero-order valence-corrected chi connectivity index (χ0v) is 10.4. The Bertz CT molecular complexity index is 550. The molecule has 1 aliphatic rings. The first kappa shape index (κ1) is 12.3. The van der Waals surface area contributed by atoms with Crippen LogP contribution >= 0.6 is 11.3 Å². The quantitative estimate of drug-likeness (QED) is 0.893. The smallest absolute Gasteiger partial charge is 0.249 e. The van der Waals surface area contributed by atoms with Crippen molar-refractivity contribution in [2.75, 3.05) is 0 Å². The van der Waals surface area contributed by atoms with Gasteiger partial charge in [0.05, 0.1) is 18.1 Å². The third kappa shape index (κ3) is 1.99. The van der Waals surface area contributed by atoms with Gasteiger partial charge in [0.1, 0.15) is 5.92 Å². The third-order valence-electron chi connectivity index (χ3n) is 2.94. The first-order valence-corrected chi connectivity index (χ1v) is 6.23. The molecule has 0 bridgehead atoms. The van der Waals surface area contributed by atoms with E-state index in [1.165, 1.54) is 11.3 Å². The number of amides is 1. The molecule has 0 spiro atoms. The van der Waals surface area contributed by atoms with Gasteiger partial charge < -0.3 is 0 Å². The molecule has 0 saturated carbocycles. The van der Waals surface area contributed by atoms with Crippen LogP contribution in [-0.2, 0) is 4.79 Å². The van der Waals surface area contributed by atoms with E-state index in [-0.39, 0.29) is 5.91 Å². The number of hydrazone groups is 1. The van der Waals surface area contributed by atoms with E-state index < -0.39 is 17.8 Å². The molecule has 6 heteroatoms. The number of carbonyl (C=O) groups excluding carboxylic acids is 1. The van der Waals surface area contributed by atoms with Crippen molar-refractivity contribution in [3.63, 3.8) is 0 Å². The summed E-state index contributed by atoms with van der Waals surface area (Å²) < 4.78 is 0. The van der Waals surface area contributed by atoms with Gasteiger partial charge in [-0.2, -0.15) is 15.6 Å². The van der Waals surface area contributed by atoms with Crippen LogP contribution < -0.4 is 5.43 Å². The molecule has 0 fully saturated rings. The van der Waals surface area contributed by atoms with Crippen molar-refractivity contribution in [3.05, 3.63) is 22.4 Å². The maximum atomic E-state index is 11.8. The molecule has 1 aromatic rings. The molecule has 0 unspecified atom stereocenters. The summed E-state index contributed by atoms with van der Waals surface area (Å²) in [4.78, 5) is 12.7. The summed E-state index contributed by atoms with van der Waals surface area (Å²) in [6.45, 7) is 1.73. The number of carbonyl (C=O) groups is 1. The van der Waals surface area contributed by atoms with Crippen LogP contribution in [0.25, 0.3) is 0 Å². The molecule has 0 aliphatic carbocycles. The van der Waals surface area contributed by atoms with Gasteiger partial charge >= 0.3 is 0 Å². The first-order chi connectivity index (χ1) is 8.69. The molecule has 18 heavy (non-hydrogen) atoms. The van der Waals surface area contributed by atoms with Crippen LogP contribution in [0, 0.1) is 34.5 Å². The molecule has 1 aliphatic heterocycles. The molecule has 90 valence electrons. The molecule has 2 heterocycles. The van der Waals surface area contributed by atoms with Gasteiger partial charge in [-0.05, 0) is 18.4 Å². The lowest BCUT2D eigenvalue weighted by molar-refractivity contribution is -0.122. The van der Waals surface area contributed by atoms with Gasteiger partial charge in [0, 0.05) is 16.5 Å². The average molecular weight is 258 g/mol. The van der Waals surface area contributed by atoms with Crippen LogP contribution in [0.15, 0.2) is 22.6 Å². The number of hydrogen-bond acceptors (Lipinski definition) is 5. The second-order valence-electron chi connectivity index (χ2n) is 3.98.